The molecular formula is C20H27F2NO2. The van der Waals surface area contributed by atoms with E-state index < -0.39 is 12.0 Å². The highest BCUT2D eigenvalue weighted by molar-refractivity contribution is 5.36. The molecule has 2 saturated carbocycles. The summed E-state index contributed by atoms with van der Waals surface area (Å²) in [6, 6.07) is 10.1. The number of hydrogen-bond acceptors (Lipinski definition) is 3. The van der Waals surface area contributed by atoms with Crippen LogP contribution in [0.1, 0.15) is 37.2 Å². The van der Waals surface area contributed by atoms with Gasteiger partial charge in [0.15, 0.2) is 0 Å². The Morgan fingerprint density at radius 3 is 2.44 bits per heavy atom. The summed E-state index contributed by atoms with van der Waals surface area (Å²) in [7, 11) is 0. The minimum absolute atomic E-state index is 0.00882. The molecule has 0 aromatic heterocycles. The van der Waals surface area contributed by atoms with Crippen LogP contribution in [0.25, 0.3) is 0 Å². The second kappa shape index (κ2) is 6.29. The van der Waals surface area contributed by atoms with Crippen LogP contribution in [0, 0.1) is 17.3 Å². The van der Waals surface area contributed by atoms with Crippen LogP contribution in [0.2, 0.25) is 0 Å². The molecule has 5 heteroatoms. The molecule has 2 N–H and O–H groups in total. The van der Waals surface area contributed by atoms with Crippen molar-refractivity contribution in [1.82, 2.24) is 4.90 Å². The molecule has 0 unspecified atom stereocenters. The number of benzene rings is 1. The highest BCUT2D eigenvalue weighted by Crippen LogP contribution is 2.68. The van der Waals surface area contributed by atoms with E-state index in [9.17, 15) is 19.0 Å². The summed E-state index contributed by atoms with van der Waals surface area (Å²) in [6.07, 6.45) is 0.659. The van der Waals surface area contributed by atoms with Crippen LogP contribution in [0.15, 0.2) is 30.3 Å². The van der Waals surface area contributed by atoms with E-state index in [1.165, 1.54) is 5.56 Å². The van der Waals surface area contributed by atoms with Crippen molar-refractivity contribution in [1.29, 1.82) is 0 Å². The standard InChI is InChI=1S/C20H27F2NO2/c21-19(22)8-6-14(7-9-19)10-23-11-17(25)20(13-23)16(12-24)18(20)15-4-2-1-3-5-15/h1-5,14,16-18,24-25H,6-13H2/t16-,17-,18-,20-/m1/s1. The second-order valence-corrected chi connectivity index (χ2v) is 8.30. The first-order valence-electron chi connectivity index (χ1n) is 9.40. The third-order valence-electron chi connectivity index (χ3n) is 6.82. The molecule has 1 aromatic carbocycles. The van der Waals surface area contributed by atoms with Crippen LogP contribution < -0.4 is 0 Å². The zero-order valence-electron chi connectivity index (χ0n) is 14.5. The Morgan fingerprint density at radius 1 is 1.12 bits per heavy atom. The topological polar surface area (TPSA) is 43.7 Å². The van der Waals surface area contributed by atoms with E-state index >= 15 is 0 Å². The first kappa shape index (κ1) is 17.4. The molecule has 4 rings (SSSR count). The summed E-state index contributed by atoms with van der Waals surface area (Å²) >= 11 is 0. The largest absolute Gasteiger partial charge is 0.396 e. The van der Waals surface area contributed by atoms with Gasteiger partial charge in [-0.15, -0.1) is 0 Å². The number of halogens is 2. The van der Waals surface area contributed by atoms with Crippen LogP contribution in [0.5, 0.6) is 0 Å². The Kier molecular flexibility index (Phi) is 4.37. The number of β-amino-alcohol motifs (C(OH)–C–C–N with tert-alkyl or cyclic N) is 1. The fraction of sp³-hybridized carbons (Fsp3) is 0.700. The molecule has 1 heterocycles. The molecule has 2 aliphatic carbocycles. The van der Waals surface area contributed by atoms with Crippen LogP contribution in [-0.2, 0) is 0 Å². The van der Waals surface area contributed by atoms with Crippen LogP contribution >= 0.6 is 0 Å². The molecule has 0 bridgehead atoms. The van der Waals surface area contributed by atoms with E-state index in [-0.39, 0.29) is 36.7 Å². The predicted molar refractivity (Wildman–Crippen MR) is 91.5 cm³/mol. The number of hydrogen-bond donors (Lipinski definition) is 2. The van der Waals surface area contributed by atoms with E-state index in [4.69, 9.17) is 0 Å². The lowest BCUT2D eigenvalue weighted by molar-refractivity contribution is -0.0485. The number of aliphatic hydroxyl groups is 2. The normalized spacial score (nSPS) is 38.3. The quantitative estimate of drug-likeness (QED) is 0.877. The monoisotopic (exact) mass is 351 g/mol. The van der Waals surface area contributed by atoms with Crippen LogP contribution in [-0.4, -0.2) is 53.4 Å². The van der Waals surface area contributed by atoms with Gasteiger partial charge in [0, 0.05) is 44.5 Å². The predicted octanol–water partition coefficient (Wildman–Crippen LogP) is 2.88. The van der Waals surface area contributed by atoms with Gasteiger partial charge in [-0.05, 0) is 36.2 Å². The Balaban J connectivity index is 1.43. The Morgan fingerprint density at radius 2 is 1.80 bits per heavy atom. The molecule has 0 radical (unpaired) electrons. The fourth-order valence-electron chi connectivity index (χ4n) is 5.45. The minimum Gasteiger partial charge on any atom is -0.396 e. The van der Waals surface area contributed by atoms with Gasteiger partial charge in [-0.2, -0.15) is 0 Å². The first-order valence-corrected chi connectivity index (χ1v) is 9.40. The highest BCUT2D eigenvalue weighted by Gasteiger charge is 2.70. The molecule has 3 aliphatic rings. The molecular weight excluding hydrogens is 324 g/mol. The number of rotatable bonds is 4. The maximum absolute atomic E-state index is 13.3. The number of likely N-dealkylation sites (tertiary alicyclic amines) is 1. The van der Waals surface area contributed by atoms with E-state index in [0.29, 0.717) is 25.3 Å². The summed E-state index contributed by atoms with van der Waals surface area (Å²) in [5, 5.41) is 20.6. The van der Waals surface area contributed by atoms with Crippen molar-refractivity contribution in [3.63, 3.8) is 0 Å². The maximum Gasteiger partial charge on any atom is 0.248 e. The molecule has 3 nitrogen and oxygen atoms in total. The lowest BCUT2D eigenvalue weighted by Gasteiger charge is -2.31. The van der Waals surface area contributed by atoms with Gasteiger partial charge in [0.25, 0.3) is 0 Å². The Bertz CT molecular complexity index is 601. The fourth-order valence-corrected chi connectivity index (χ4v) is 5.45. The number of alkyl halides is 2. The van der Waals surface area contributed by atoms with Crippen molar-refractivity contribution >= 4 is 0 Å². The summed E-state index contributed by atoms with van der Waals surface area (Å²) in [5.74, 6) is -1.91. The van der Waals surface area contributed by atoms with Crippen LogP contribution in [0.4, 0.5) is 8.78 Å². The Labute approximate surface area is 147 Å². The third-order valence-corrected chi connectivity index (χ3v) is 6.82. The first-order chi connectivity index (χ1) is 12.0. The van der Waals surface area contributed by atoms with Gasteiger partial charge in [-0.1, -0.05) is 30.3 Å². The molecule has 25 heavy (non-hydrogen) atoms. The second-order valence-electron chi connectivity index (χ2n) is 8.30. The molecule has 1 spiro atoms. The molecule has 3 fully saturated rings. The van der Waals surface area contributed by atoms with Gasteiger partial charge >= 0.3 is 0 Å². The van der Waals surface area contributed by atoms with Crippen molar-refractivity contribution in [3.05, 3.63) is 35.9 Å². The van der Waals surface area contributed by atoms with Gasteiger partial charge in [0.05, 0.1) is 6.10 Å². The van der Waals surface area contributed by atoms with Gasteiger partial charge < -0.3 is 10.2 Å². The smallest absolute Gasteiger partial charge is 0.248 e. The lowest BCUT2D eigenvalue weighted by atomic mass is 9.86. The highest BCUT2D eigenvalue weighted by atomic mass is 19.3. The van der Waals surface area contributed by atoms with Crippen molar-refractivity contribution in [2.24, 2.45) is 17.3 Å². The molecule has 0 amide bonds. The van der Waals surface area contributed by atoms with E-state index in [0.717, 1.165) is 13.1 Å². The molecule has 138 valence electrons. The molecule has 1 aliphatic heterocycles. The van der Waals surface area contributed by atoms with Crippen molar-refractivity contribution in [3.8, 4) is 0 Å². The van der Waals surface area contributed by atoms with Gasteiger partial charge in [0.1, 0.15) is 0 Å². The summed E-state index contributed by atoms with van der Waals surface area (Å²) in [4.78, 5) is 2.24. The van der Waals surface area contributed by atoms with Gasteiger partial charge in [0.2, 0.25) is 5.92 Å². The summed E-state index contributed by atoms with van der Waals surface area (Å²) in [6.45, 7) is 2.22. The van der Waals surface area contributed by atoms with Crippen molar-refractivity contribution in [2.45, 2.75) is 43.6 Å². The van der Waals surface area contributed by atoms with Crippen LogP contribution in [0.3, 0.4) is 0 Å². The average molecular weight is 351 g/mol. The molecule has 1 aromatic rings. The third kappa shape index (κ3) is 3.00. The average Bonchev–Trinajstić information content (AvgIpc) is 3.14. The van der Waals surface area contributed by atoms with E-state index in [1.54, 1.807) is 0 Å². The minimum atomic E-state index is -2.49. The maximum atomic E-state index is 13.3. The zero-order chi connectivity index (χ0) is 17.7. The van der Waals surface area contributed by atoms with Crippen molar-refractivity contribution < 1.29 is 19.0 Å². The Hall–Kier alpha value is -1.04. The summed E-state index contributed by atoms with van der Waals surface area (Å²) in [5.41, 5.74) is 0.911. The number of aliphatic hydroxyl groups excluding tert-OH is 2. The number of nitrogens with zero attached hydrogens (tertiary/aromatic N) is 1. The van der Waals surface area contributed by atoms with E-state index in [1.807, 2.05) is 18.2 Å². The molecule has 1 saturated heterocycles. The van der Waals surface area contributed by atoms with Gasteiger partial charge in [-0.3, -0.25) is 4.90 Å². The zero-order valence-corrected chi connectivity index (χ0v) is 14.5. The lowest BCUT2D eigenvalue weighted by Crippen LogP contribution is -2.33. The summed E-state index contributed by atoms with van der Waals surface area (Å²) < 4.78 is 26.7. The van der Waals surface area contributed by atoms with Crippen molar-refractivity contribution in [2.75, 3.05) is 26.2 Å². The SMILES string of the molecule is OC[C@@H]1[C@@H](c2ccccc2)[C@]12CN(CC1CCC(F)(F)CC1)C[C@H]2O. The van der Waals surface area contributed by atoms with E-state index in [2.05, 4.69) is 17.0 Å². The van der Waals surface area contributed by atoms with Gasteiger partial charge in [-0.25, -0.2) is 8.78 Å². The molecule has 4 atom stereocenters.